The standard InChI is InChI=1S/C28H22F3N7O2/c1-18-22(17-32)26(33-15-14-19-8-4-2-5-9-19)35-27(34-20-10-6-3-7-11-20)25(18)37-36-24-13-12-21(38(39)40)16-23(24)28(29,30)31/h2-13,16H,14-15H2,1H3,(H2,33,34,35)/b37-36+. The van der Waals surface area contributed by atoms with Gasteiger partial charge >= 0.3 is 6.18 Å². The highest BCUT2D eigenvalue weighted by molar-refractivity contribution is 5.77. The maximum Gasteiger partial charge on any atom is 0.418 e. The van der Waals surface area contributed by atoms with Crippen molar-refractivity contribution in [3.05, 3.63) is 111 Å². The number of nitro groups is 1. The summed E-state index contributed by atoms with van der Waals surface area (Å²) in [5.74, 6) is 0.434. The topological polar surface area (TPSA) is 129 Å². The largest absolute Gasteiger partial charge is 0.418 e. The Balaban J connectivity index is 1.76. The first-order valence-electron chi connectivity index (χ1n) is 12.0. The van der Waals surface area contributed by atoms with Crippen LogP contribution in [0.2, 0.25) is 0 Å². The molecule has 0 radical (unpaired) electrons. The van der Waals surface area contributed by atoms with Crippen LogP contribution in [0.3, 0.4) is 0 Å². The smallest absolute Gasteiger partial charge is 0.369 e. The normalized spacial score (nSPS) is 11.3. The van der Waals surface area contributed by atoms with Crippen molar-refractivity contribution < 1.29 is 18.1 Å². The monoisotopic (exact) mass is 545 g/mol. The first kappa shape index (κ1) is 27.7. The number of nitrogens with one attached hydrogen (secondary N) is 2. The van der Waals surface area contributed by atoms with Crippen LogP contribution < -0.4 is 10.6 Å². The second-order valence-electron chi connectivity index (χ2n) is 8.58. The van der Waals surface area contributed by atoms with E-state index in [1.807, 2.05) is 36.4 Å². The van der Waals surface area contributed by atoms with Crippen molar-refractivity contribution in [3.63, 3.8) is 0 Å². The Morgan fingerprint density at radius 1 is 1.00 bits per heavy atom. The third kappa shape index (κ3) is 6.57. The van der Waals surface area contributed by atoms with E-state index < -0.39 is 28.0 Å². The molecule has 0 spiro atoms. The number of rotatable bonds is 9. The van der Waals surface area contributed by atoms with Gasteiger partial charge in [0, 0.05) is 29.9 Å². The summed E-state index contributed by atoms with van der Waals surface area (Å²) in [4.78, 5) is 14.6. The summed E-state index contributed by atoms with van der Waals surface area (Å²) in [5.41, 5.74) is -0.425. The van der Waals surface area contributed by atoms with Gasteiger partial charge in [-0.3, -0.25) is 10.1 Å². The fourth-order valence-corrected chi connectivity index (χ4v) is 3.85. The molecule has 9 nitrogen and oxygen atoms in total. The number of pyridine rings is 1. The molecule has 2 N–H and O–H groups in total. The van der Waals surface area contributed by atoms with Crippen LogP contribution in [-0.4, -0.2) is 16.5 Å². The van der Waals surface area contributed by atoms with Crippen molar-refractivity contribution in [1.82, 2.24) is 4.98 Å². The summed E-state index contributed by atoms with van der Waals surface area (Å²) < 4.78 is 41.0. The third-order valence-corrected chi connectivity index (χ3v) is 5.87. The van der Waals surface area contributed by atoms with E-state index >= 15 is 0 Å². The number of nitro benzene ring substituents is 1. The molecule has 0 atom stereocenters. The molecule has 3 aromatic carbocycles. The van der Waals surface area contributed by atoms with E-state index in [1.54, 1.807) is 31.2 Å². The second-order valence-corrected chi connectivity index (χ2v) is 8.58. The van der Waals surface area contributed by atoms with E-state index in [0.29, 0.717) is 30.3 Å². The first-order valence-corrected chi connectivity index (χ1v) is 12.0. The highest BCUT2D eigenvalue weighted by Crippen LogP contribution is 2.41. The molecule has 0 saturated carbocycles. The molecule has 1 aromatic heterocycles. The van der Waals surface area contributed by atoms with Gasteiger partial charge in [-0.25, -0.2) is 4.98 Å². The summed E-state index contributed by atoms with van der Waals surface area (Å²) in [7, 11) is 0. The number of para-hydroxylation sites is 1. The first-order chi connectivity index (χ1) is 19.2. The number of nitriles is 1. The zero-order valence-electron chi connectivity index (χ0n) is 21.1. The van der Waals surface area contributed by atoms with Gasteiger partial charge in [0.05, 0.1) is 21.7 Å². The maximum absolute atomic E-state index is 13.7. The molecule has 4 aromatic rings. The van der Waals surface area contributed by atoms with E-state index in [9.17, 15) is 28.5 Å². The molecular weight excluding hydrogens is 523 g/mol. The van der Waals surface area contributed by atoms with Crippen LogP contribution in [0.5, 0.6) is 0 Å². The van der Waals surface area contributed by atoms with Crippen LogP contribution in [-0.2, 0) is 12.6 Å². The Labute approximate surface area is 227 Å². The van der Waals surface area contributed by atoms with Crippen molar-refractivity contribution in [3.8, 4) is 6.07 Å². The summed E-state index contributed by atoms with van der Waals surface area (Å²) in [6.07, 6.45) is -4.25. The number of benzene rings is 3. The fraction of sp³-hybridized carbons (Fsp3) is 0.143. The van der Waals surface area contributed by atoms with Crippen molar-refractivity contribution in [1.29, 1.82) is 5.26 Å². The molecule has 1 heterocycles. The van der Waals surface area contributed by atoms with Gasteiger partial charge in [0.2, 0.25) is 0 Å². The minimum Gasteiger partial charge on any atom is -0.369 e. The number of aromatic nitrogens is 1. The number of non-ortho nitro benzene ring substituents is 1. The van der Waals surface area contributed by atoms with Gasteiger partial charge in [0.25, 0.3) is 5.69 Å². The van der Waals surface area contributed by atoms with Crippen molar-refractivity contribution in [2.75, 3.05) is 17.2 Å². The van der Waals surface area contributed by atoms with Gasteiger partial charge < -0.3 is 10.6 Å². The van der Waals surface area contributed by atoms with E-state index in [4.69, 9.17) is 0 Å². The third-order valence-electron chi connectivity index (χ3n) is 5.87. The van der Waals surface area contributed by atoms with Crippen molar-refractivity contribution in [2.45, 2.75) is 19.5 Å². The molecule has 0 unspecified atom stereocenters. The molecule has 0 amide bonds. The lowest BCUT2D eigenvalue weighted by molar-refractivity contribution is -0.385. The Hall–Kier alpha value is -5.31. The van der Waals surface area contributed by atoms with Crippen LogP contribution in [0.1, 0.15) is 22.3 Å². The number of alkyl halides is 3. The van der Waals surface area contributed by atoms with Gasteiger partial charge in [-0.05, 0) is 37.1 Å². The summed E-state index contributed by atoms with van der Waals surface area (Å²) >= 11 is 0. The summed E-state index contributed by atoms with van der Waals surface area (Å²) in [6, 6.07) is 22.9. The van der Waals surface area contributed by atoms with Crippen LogP contribution >= 0.6 is 0 Å². The van der Waals surface area contributed by atoms with Gasteiger partial charge in [0.15, 0.2) is 5.82 Å². The SMILES string of the molecule is Cc1c(C#N)c(NCCc2ccccc2)nc(Nc2ccccc2)c1/N=N/c1ccc([N+](=O)[O-])cc1C(F)(F)F. The van der Waals surface area contributed by atoms with Gasteiger partial charge in [0.1, 0.15) is 17.6 Å². The highest BCUT2D eigenvalue weighted by Gasteiger charge is 2.35. The Kier molecular flexibility index (Phi) is 8.34. The predicted octanol–water partition coefficient (Wildman–Crippen LogP) is 8.00. The minimum absolute atomic E-state index is 0.0421. The van der Waals surface area contributed by atoms with E-state index in [-0.39, 0.29) is 22.9 Å². The van der Waals surface area contributed by atoms with Crippen molar-refractivity contribution in [2.24, 2.45) is 10.2 Å². The second kappa shape index (κ2) is 12.0. The Morgan fingerprint density at radius 3 is 2.30 bits per heavy atom. The molecule has 0 saturated heterocycles. The predicted molar refractivity (Wildman–Crippen MR) is 144 cm³/mol. The van der Waals surface area contributed by atoms with Gasteiger partial charge in [-0.2, -0.15) is 18.4 Å². The molecule has 4 rings (SSSR count). The average molecular weight is 546 g/mol. The molecule has 202 valence electrons. The molecule has 40 heavy (non-hydrogen) atoms. The summed E-state index contributed by atoms with van der Waals surface area (Å²) in [6.45, 7) is 2.06. The molecule has 0 aliphatic rings. The molecule has 0 aliphatic heterocycles. The van der Waals surface area contributed by atoms with Gasteiger partial charge in [-0.15, -0.1) is 10.2 Å². The molecule has 12 heteroatoms. The lowest BCUT2D eigenvalue weighted by atomic mass is 10.1. The summed E-state index contributed by atoms with van der Waals surface area (Å²) in [5, 5.41) is 35.0. The molecule has 0 aliphatic carbocycles. The van der Waals surface area contributed by atoms with Crippen LogP contribution in [0.25, 0.3) is 0 Å². The zero-order valence-corrected chi connectivity index (χ0v) is 21.1. The highest BCUT2D eigenvalue weighted by atomic mass is 19.4. The average Bonchev–Trinajstić information content (AvgIpc) is 2.93. The van der Waals surface area contributed by atoms with Crippen LogP contribution in [0, 0.1) is 28.4 Å². The fourth-order valence-electron chi connectivity index (χ4n) is 3.85. The van der Waals surface area contributed by atoms with Crippen LogP contribution in [0.15, 0.2) is 89.1 Å². The maximum atomic E-state index is 13.7. The van der Waals surface area contributed by atoms with E-state index in [0.717, 1.165) is 17.7 Å². The van der Waals surface area contributed by atoms with E-state index in [1.165, 1.54) is 0 Å². The number of nitrogens with zero attached hydrogens (tertiary/aromatic N) is 5. The van der Waals surface area contributed by atoms with Gasteiger partial charge in [-0.1, -0.05) is 48.5 Å². The number of halogens is 3. The number of azo groups is 1. The van der Waals surface area contributed by atoms with Crippen LogP contribution in [0.4, 0.5) is 47.6 Å². The van der Waals surface area contributed by atoms with Crippen molar-refractivity contribution >= 4 is 34.4 Å². The molecule has 0 bridgehead atoms. The number of anilines is 3. The Morgan fingerprint density at radius 2 is 1.68 bits per heavy atom. The molecular formula is C28H22F3N7O2. The zero-order chi connectivity index (χ0) is 28.7. The lowest BCUT2D eigenvalue weighted by Gasteiger charge is -2.16. The number of hydrogen-bond acceptors (Lipinski definition) is 8. The van der Waals surface area contributed by atoms with E-state index in [2.05, 4.69) is 31.9 Å². The minimum atomic E-state index is -4.91. The number of hydrogen-bond donors (Lipinski definition) is 2. The lowest BCUT2D eigenvalue weighted by Crippen LogP contribution is -2.10. The Bertz CT molecular complexity index is 1590. The quantitative estimate of drug-likeness (QED) is 0.125. The molecule has 0 fully saturated rings.